The van der Waals surface area contributed by atoms with Crippen molar-refractivity contribution in [3.8, 4) is 5.75 Å². The van der Waals surface area contributed by atoms with Crippen LogP contribution in [0.15, 0.2) is 30.3 Å². The van der Waals surface area contributed by atoms with Crippen LogP contribution in [0.2, 0.25) is 10.0 Å². The van der Waals surface area contributed by atoms with Gasteiger partial charge in [-0.3, -0.25) is 10.1 Å². The summed E-state index contributed by atoms with van der Waals surface area (Å²) < 4.78 is 0.873. The number of rotatable bonds is 2. The Morgan fingerprint density at radius 3 is 2.42 bits per heavy atom. The van der Waals surface area contributed by atoms with Gasteiger partial charge in [-0.1, -0.05) is 44.0 Å². The molecule has 0 aliphatic carbocycles. The first-order chi connectivity index (χ1) is 12.0. The Morgan fingerprint density at radius 1 is 1.15 bits per heavy atom. The third-order valence-corrected chi connectivity index (χ3v) is 5.07. The first-order valence-corrected chi connectivity index (χ1v) is 9.83. The molecular weight excluding hydrogens is 506 g/mol. The summed E-state index contributed by atoms with van der Waals surface area (Å²) in [6.07, 6.45) is 0. The lowest BCUT2D eigenvalue weighted by atomic mass is 9.87. The number of halogens is 3. The van der Waals surface area contributed by atoms with E-state index in [1.54, 1.807) is 30.3 Å². The number of benzene rings is 2. The highest BCUT2D eigenvalue weighted by Crippen LogP contribution is 2.37. The molecule has 2 rings (SSSR count). The van der Waals surface area contributed by atoms with E-state index in [0.29, 0.717) is 16.3 Å². The molecule has 2 aromatic rings. The summed E-state index contributed by atoms with van der Waals surface area (Å²) in [6, 6.07) is 8.56. The second kappa shape index (κ2) is 8.29. The number of carbonyl (C=O) groups is 1. The number of amides is 1. The zero-order chi connectivity index (χ0) is 19.6. The Bertz CT molecular complexity index is 882. The van der Waals surface area contributed by atoms with Crippen molar-refractivity contribution in [1.82, 2.24) is 5.32 Å². The second-order valence-corrected chi connectivity index (χ2v) is 9.10. The van der Waals surface area contributed by atoms with Crippen LogP contribution >= 0.6 is 58.0 Å². The fraction of sp³-hybridized carbons (Fsp3) is 0.222. The molecule has 8 heteroatoms. The Hall–Kier alpha value is -1.09. The fourth-order valence-corrected chi connectivity index (χ4v) is 3.24. The predicted molar refractivity (Wildman–Crippen MR) is 120 cm³/mol. The van der Waals surface area contributed by atoms with E-state index in [0.717, 1.165) is 9.13 Å². The minimum atomic E-state index is -0.441. The van der Waals surface area contributed by atoms with Crippen LogP contribution in [0.1, 0.15) is 36.7 Å². The predicted octanol–water partition coefficient (Wildman–Crippen LogP) is 5.73. The molecular formula is C18H17Cl2IN2O2S. The second-order valence-electron chi connectivity index (χ2n) is 6.64. The normalized spacial score (nSPS) is 11.2. The van der Waals surface area contributed by atoms with Crippen molar-refractivity contribution in [3.63, 3.8) is 0 Å². The van der Waals surface area contributed by atoms with Crippen LogP contribution in [0.25, 0.3) is 0 Å². The number of anilines is 1. The van der Waals surface area contributed by atoms with Gasteiger partial charge in [-0.05, 0) is 76.1 Å². The monoisotopic (exact) mass is 522 g/mol. The van der Waals surface area contributed by atoms with Gasteiger partial charge >= 0.3 is 0 Å². The minimum absolute atomic E-state index is 0.0300. The quantitative estimate of drug-likeness (QED) is 0.268. The standard InChI is InChI=1S/C18H17Cl2IN2O2S/c1-18(2,3)9-6-13(20)15(24)14(7-9)22-17(26)23-16(25)11-8-10(21)4-5-12(11)19/h4-8,24H,1-3H3,(H2,22,23,25,26). The number of hydrogen-bond donors (Lipinski definition) is 3. The van der Waals surface area contributed by atoms with Crippen LogP contribution in [0.4, 0.5) is 5.69 Å². The van der Waals surface area contributed by atoms with Gasteiger partial charge in [0.1, 0.15) is 0 Å². The molecule has 1 amide bonds. The molecule has 0 heterocycles. The Kier molecular flexibility index (Phi) is 6.76. The minimum Gasteiger partial charge on any atom is -0.504 e. The number of carbonyl (C=O) groups excluding carboxylic acids is 1. The van der Waals surface area contributed by atoms with Crippen molar-refractivity contribution in [1.29, 1.82) is 0 Å². The van der Waals surface area contributed by atoms with E-state index in [9.17, 15) is 9.90 Å². The van der Waals surface area contributed by atoms with E-state index in [4.69, 9.17) is 35.4 Å². The highest BCUT2D eigenvalue weighted by atomic mass is 127. The molecule has 0 aliphatic rings. The van der Waals surface area contributed by atoms with Gasteiger partial charge in [0.2, 0.25) is 0 Å². The molecule has 0 saturated carbocycles. The van der Waals surface area contributed by atoms with Crippen molar-refractivity contribution in [2.75, 3.05) is 5.32 Å². The van der Waals surface area contributed by atoms with Gasteiger partial charge in [-0.15, -0.1) is 0 Å². The first kappa shape index (κ1) is 21.2. The third kappa shape index (κ3) is 5.22. The summed E-state index contributed by atoms with van der Waals surface area (Å²) in [6.45, 7) is 6.08. The van der Waals surface area contributed by atoms with Crippen LogP contribution in [0, 0.1) is 3.57 Å². The lowest BCUT2D eigenvalue weighted by Crippen LogP contribution is -2.34. The van der Waals surface area contributed by atoms with Gasteiger partial charge in [-0.2, -0.15) is 0 Å². The van der Waals surface area contributed by atoms with E-state index in [-0.39, 0.29) is 21.3 Å². The van der Waals surface area contributed by atoms with Gasteiger partial charge in [0.25, 0.3) is 5.91 Å². The molecule has 138 valence electrons. The van der Waals surface area contributed by atoms with Crippen LogP contribution in [-0.2, 0) is 5.41 Å². The first-order valence-electron chi connectivity index (χ1n) is 7.59. The summed E-state index contributed by atoms with van der Waals surface area (Å²) >= 11 is 19.5. The lowest BCUT2D eigenvalue weighted by molar-refractivity contribution is 0.0978. The molecule has 2 aromatic carbocycles. The summed E-state index contributed by atoms with van der Waals surface area (Å²) in [5.41, 5.74) is 1.37. The van der Waals surface area contributed by atoms with Crippen molar-refractivity contribution < 1.29 is 9.90 Å². The van der Waals surface area contributed by atoms with E-state index < -0.39 is 5.91 Å². The van der Waals surface area contributed by atoms with Gasteiger partial charge in [0.15, 0.2) is 10.9 Å². The van der Waals surface area contributed by atoms with Crippen molar-refractivity contribution in [2.24, 2.45) is 0 Å². The van der Waals surface area contributed by atoms with E-state index in [1.807, 2.05) is 20.8 Å². The SMILES string of the molecule is CC(C)(C)c1cc(Cl)c(O)c(NC(=S)NC(=O)c2cc(I)ccc2Cl)c1. The lowest BCUT2D eigenvalue weighted by Gasteiger charge is -2.21. The molecule has 0 spiro atoms. The molecule has 0 atom stereocenters. The largest absolute Gasteiger partial charge is 0.504 e. The molecule has 0 unspecified atom stereocenters. The topological polar surface area (TPSA) is 61.4 Å². The molecule has 4 nitrogen and oxygen atoms in total. The molecule has 0 aliphatic heterocycles. The number of phenols is 1. The number of hydrogen-bond acceptors (Lipinski definition) is 3. The zero-order valence-electron chi connectivity index (χ0n) is 14.3. The summed E-state index contributed by atoms with van der Waals surface area (Å²) in [5.74, 6) is -0.577. The highest BCUT2D eigenvalue weighted by molar-refractivity contribution is 14.1. The number of nitrogens with one attached hydrogen (secondary N) is 2. The van der Waals surface area contributed by atoms with E-state index in [1.165, 1.54) is 0 Å². The van der Waals surface area contributed by atoms with Crippen molar-refractivity contribution in [2.45, 2.75) is 26.2 Å². The van der Waals surface area contributed by atoms with Gasteiger partial charge in [0, 0.05) is 3.57 Å². The molecule has 0 aromatic heterocycles. The smallest absolute Gasteiger partial charge is 0.258 e. The summed E-state index contributed by atoms with van der Waals surface area (Å²) in [7, 11) is 0. The van der Waals surface area contributed by atoms with Gasteiger partial charge in [0.05, 0.1) is 21.3 Å². The number of aromatic hydroxyl groups is 1. The third-order valence-electron chi connectivity index (χ3n) is 3.58. The van der Waals surface area contributed by atoms with Crippen LogP contribution in [0.3, 0.4) is 0 Å². The van der Waals surface area contributed by atoms with Gasteiger partial charge in [-0.25, -0.2) is 0 Å². The van der Waals surface area contributed by atoms with E-state index in [2.05, 4.69) is 33.2 Å². The average molecular weight is 523 g/mol. The van der Waals surface area contributed by atoms with Crippen LogP contribution < -0.4 is 10.6 Å². The Balaban J connectivity index is 2.21. The van der Waals surface area contributed by atoms with Gasteiger partial charge < -0.3 is 10.4 Å². The van der Waals surface area contributed by atoms with Crippen molar-refractivity contribution in [3.05, 3.63) is 55.1 Å². The summed E-state index contributed by atoms with van der Waals surface area (Å²) in [4.78, 5) is 12.4. The molecule has 3 N–H and O–H groups in total. The van der Waals surface area contributed by atoms with Crippen LogP contribution in [-0.4, -0.2) is 16.1 Å². The zero-order valence-corrected chi connectivity index (χ0v) is 18.8. The van der Waals surface area contributed by atoms with Crippen molar-refractivity contribution >= 4 is 74.7 Å². The maximum absolute atomic E-state index is 12.4. The maximum atomic E-state index is 12.4. The summed E-state index contributed by atoms with van der Waals surface area (Å²) in [5, 5.41) is 16.1. The number of phenolic OH excluding ortho intramolecular Hbond substituents is 1. The molecule has 0 radical (unpaired) electrons. The highest BCUT2D eigenvalue weighted by Gasteiger charge is 2.19. The molecule has 0 saturated heterocycles. The van der Waals surface area contributed by atoms with Crippen LogP contribution in [0.5, 0.6) is 5.75 Å². The molecule has 0 bridgehead atoms. The fourth-order valence-electron chi connectivity index (χ4n) is 2.12. The number of thiocarbonyl (C=S) groups is 1. The molecule has 0 fully saturated rings. The Morgan fingerprint density at radius 2 is 1.81 bits per heavy atom. The van der Waals surface area contributed by atoms with E-state index >= 15 is 0 Å². The Labute approximate surface area is 181 Å². The average Bonchev–Trinajstić information content (AvgIpc) is 2.52. The maximum Gasteiger partial charge on any atom is 0.258 e. The molecule has 26 heavy (non-hydrogen) atoms.